The summed E-state index contributed by atoms with van der Waals surface area (Å²) < 4.78 is 11.7. The van der Waals surface area contributed by atoms with Gasteiger partial charge in [-0.05, 0) is 35.7 Å². The highest BCUT2D eigenvalue weighted by molar-refractivity contribution is 6.30. The van der Waals surface area contributed by atoms with Gasteiger partial charge in [0.25, 0.3) is 0 Å². The van der Waals surface area contributed by atoms with Crippen molar-refractivity contribution in [2.75, 3.05) is 24.7 Å². The van der Waals surface area contributed by atoms with E-state index in [1.807, 2.05) is 24.3 Å². The molecule has 2 aromatic carbocycles. The predicted molar refractivity (Wildman–Crippen MR) is 106 cm³/mol. The number of anilines is 1. The smallest absolute Gasteiger partial charge is 0.339 e. The van der Waals surface area contributed by atoms with Crippen LogP contribution in [0, 0.1) is 5.41 Å². The summed E-state index contributed by atoms with van der Waals surface area (Å²) in [6.45, 7) is 8.58. The second kappa shape index (κ2) is 7.69. The van der Waals surface area contributed by atoms with E-state index in [1.165, 1.54) is 0 Å². The van der Waals surface area contributed by atoms with Gasteiger partial charge in [-0.3, -0.25) is 0 Å². The quantitative estimate of drug-likeness (QED) is 0.791. The van der Waals surface area contributed by atoms with Gasteiger partial charge in [0.1, 0.15) is 17.9 Å². The van der Waals surface area contributed by atoms with Crippen molar-refractivity contribution in [2.24, 2.45) is 5.41 Å². The molecule has 0 atom stereocenters. The third-order valence-corrected chi connectivity index (χ3v) is 4.45. The van der Waals surface area contributed by atoms with E-state index in [2.05, 4.69) is 25.7 Å². The molecule has 1 N–H and O–H groups in total. The van der Waals surface area contributed by atoms with Gasteiger partial charge in [-0.1, -0.05) is 38.4 Å². The van der Waals surface area contributed by atoms with Gasteiger partial charge in [-0.25, -0.2) is 4.79 Å². The topological polar surface area (TPSA) is 59.0 Å². The number of nitrogens with zero attached hydrogens (tertiary/aromatic N) is 1. The Morgan fingerprint density at radius 3 is 2.78 bits per heavy atom. The molecule has 144 valence electrons. The van der Waals surface area contributed by atoms with Gasteiger partial charge in [-0.2, -0.15) is 0 Å². The van der Waals surface area contributed by atoms with Gasteiger partial charge < -0.3 is 19.5 Å². The minimum Gasteiger partial charge on any atom is -0.493 e. The molecule has 2 aromatic rings. The molecule has 6 heteroatoms. The number of carboxylic acid groups (broad SMARTS) is 1. The normalized spacial score (nSPS) is 13.7. The van der Waals surface area contributed by atoms with E-state index in [-0.39, 0.29) is 11.0 Å². The third kappa shape index (κ3) is 4.66. The number of ether oxygens (including phenoxy) is 2. The van der Waals surface area contributed by atoms with Gasteiger partial charge >= 0.3 is 5.97 Å². The van der Waals surface area contributed by atoms with Crippen molar-refractivity contribution < 1.29 is 19.4 Å². The molecule has 1 heterocycles. The van der Waals surface area contributed by atoms with Crippen molar-refractivity contribution in [1.29, 1.82) is 0 Å². The van der Waals surface area contributed by atoms with Crippen LogP contribution in [-0.2, 0) is 6.54 Å². The number of fused-ring (bicyclic) bond motifs is 1. The Morgan fingerprint density at radius 2 is 2.07 bits per heavy atom. The van der Waals surface area contributed by atoms with E-state index in [0.717, 1.165) is 17.0 Å². The van der Waals surface area contributed by atoms with Gasteiger partial charge in [-0.15, -0.1) is 0 Å². The number of halogens is 1. The van der Waals surface area contributed by atoms with Gasteiger partial charge in [0.15, 0.2) is 5.75 Å². The van der Waals surface area contributed by atoms with Crippen molar-refractivity contribution in [3.63, 3.8) is 0 Å². The molecule has 0 spiro atoms. The number of hydrogen-bond acceptors (Lipinski definition) is 4. The molecule has 0 unspecified atom stereocenters. The first kappa shape index (κ1) is 19.4. The average molecular weight is 390 g/mol. The van der Waals surface area contributed by atoms with E-state index >= 15 is 0 Å². The number of rotatable bonds is 5. The van der Waals surface area contributed by atoms with Crippen molar-refractivity contribution in [3.8, 4) is 11.5 Å². The molecule has 27 heavy (non-hydrogen) atoms. The molecule has 0 saturated carbocycles. The van der Waals surface area contributed by atoms with Crippen LogP contribution < -0.4 is 14.4 Å². The first-order valence-corrected chi connectivity index (χ1v) is 9.28. The van der Waals surface area contributed by atoms with Crippen molar-refractivity contribution in [1.82, 2.24) is 0 Å². The third-order valence-electron chi connectivity index (χ3n) is 4.22. The minimum atomic E-state index is -0.995. The maximum Gasteiger partial charge on any atom is 0.339 e. The molecule has 1 aliphatic rings. The first-order valence-electron chi connectivity index (χ1n) is 8.90. The zero-order chi connectivity index (χ0) is 19.6. The van der Waals surface area contributed by atoms with Crippen LogP contribution in [0.1, 0.15) is 36.7 Å². The summed E-state index contributed by atoms with van der Waals surface area (Å²) in [5.74, 6) is 0.206. The largest absolute Gasteiger partial charge is 0.493 e. The van der Waals surface area contributed by atoms with Crippen LogP contribution in [0.25, 0.3) is 0 Å². The summed E-state index contributed by atoms with van der Waals surface area (Å²) in [4.78, 5) is 13.6. The van der Waals surface area contributed by atoms with E-state index in [0.29, 0.717) is 37.1 Å². The number of aromatic carboxylic acids is 1. The average Bonchev–Trinajstić information content (AvgIpc) is 2.60. The lowest BCUT2D eigenvalue weighted by Crippen LogP contribution is -2.33. The number of hydrogen-bond donors (Lipinski definition) is 1. The fourth-order valence-electron chi connectivity index (χ4n) is 2.95. The summed E-state index contributed by atoms with van der Waals surface area (Å²) in [6, 6.07) is 10.8. The predicted octanol–water partition coefficient (Wildman–Crippen LogP) is 4.86. The molecule has 0 aromatic heterocycles. The second-order valence-corrected chi connectivity index (χ2v) is 8.27. The molecular weight excluding hydrogens is 366 g/mol. The lowest BCUT2D eigenvalue weighted by Gasteiger charge is -2.32. The molecule has 3 rings (SSSR count). The molecule has 0 aliphatic carbocycles. The van der Waals surface area contributed by atoms with Crippen LogP contribution in [0.2, 0.25) is 5.02 Å². The SMILES string of the molecule is CC(C)(C)COc1ccc(Cl)cc1CN1CCOc2c(C(=O)O)cccc21. The summed E-state index contributed by atoms with van der Waals surface area (Å²) >= 11 is 6.22. The number of carboxylic acids is 1. The molecule has 0 radical (unpaired) electrons. The minimum absolute atomic E-state index is 0.0405. The Morgan fingerprint density at radius 1 is 1.30 bits per heavy atom. The van der Waals surface area contributed by atoms with Crippen LogP contribution >= 0.6 is 11.6 Å². The fraction of sp³-hybridized carbons (Fsp3) is 0.381. The number of carbonyl (C=O) groups is 1. The highest BCUT2D eigenvalue weighted by atomic mass is 35.5. The molecule has 1 aliphatic heterocycles. The van der Waals surface area contributed by atoms with E-state index in [9.17, 15) is 9.90 Å². The summed E-state index contributed by atoms with van der Waals surface area (Å²) in [5.41, 5.74) is 1.94. The van der Waals surface area contributed by atoms with Crippen molar-refractivity contribution in [2.45, 2.75) is 27.3 Å². The van der Waals surface area contributed by atoms with E-state index in [1.54, 1.807) is 12.1 Å². The molecule has 5 nitrogen and oxygen atoms in total. The zero-order valence-corrected chi connectivity index (χ0v) is 16.5. The Kier molecular flexibility index (Phi) is 5.51. The Hall–Kier alpha value is -2.40. The van der Waals surface area contributed by atoms with Crippen LogP contribution in [0.15, 0.2) is 36.4 Å². The maximum atomic E-state index is 11.5. The van der Waals surface area contributed by atoms with Crippen LogP contribution in [0.5, 0.6) is 11.5 Å². The number of para-hydroxylation sites is 1. The van der Waals surface area contributed by atoms with Gasteiger partial charge in [0, 0.05) is 17.1 Å². The second-order valence-electron chi connectivity index (χ2n) is 7.83. The standard InChI is InChI=1S/C21H24ClNO4/c1-21(2,3)13-27-18-8-7-15(22)11-14(18)12-23-9-10-26-19-16(20(24)25)5-4-6-17(19)23/h4-8,11H,9-10,12-13H2,1-3H3,(H,24,25). The summed E-state index contributed by atoms with van der Waals surface area (Å²) in [5, 5.41) is 10.0. The highest BCUT2D eigenvalue weighted by Crippen LogP contribution is 2.37. The monoisotopic (exact) mass is 389 g/mol. The molecular formula is C21H24ClNO4. The van der Waals surface area contributed by atoms with E-state index in [4.69, 9.17) is 21.1 Å². The van der Waals surface area contributed by atoms with Crippen molar-refractivity contribution in [3.05, 3.63) is 52.5 Å². The van der Waals surface area contributed by atoms with Gasteiger partial charge in [0.05, 0.1) is 18.8 Å². The maximum absolute atomic E-state index is 11.5. The first-order chi connectivity index (χ1) is 12.7. The molecule has 0 saturated heterocycles. The Labute approximate surface area is 164 Å². The van der Waals surface area contributed by atoms with Crippen LogP contribution in [-0.4, -0.2) is 30.8 Å². The lowest BCUT2D eigenvalue weighted by molar-refractivity contribution is 0.0692. The molecule has 0 bridgehead atoms. The number of benzene rings is 2. The Bertz CT molecular complexity index is 845. The zero-order valence-electron chi connectivity index (χ0n) is 15.8. The van der Waals surface area contributed by atoms with Crippen molar-refractivity contribution >= 4 is 23.3 Å². The van der Waals surface area contributed by atoms with Crippen LogP contribution in [0.3, 0.4) is 0 Å². The highest BCUT2D eigenvalue weighted by Gasteiger charge is 2.24. The van der Waals surface area contributed by atoms with Crippen LogP contribution in [0.4, 0.5) is 5.69 Å². The fourth-order valence-corrected chi connectivity index (χ4v) is 3.14. The summed E-state index contributed by atoms with van der Waals surface area (Å²) in [7, 11) is 0. The summed E-state index contributed by atoms with van der Waals surface area (Å²) in [6.07, 6.45) is 0. The Balaban J connectivity index is 1.90. The molecule has 0 amide bonds. The lowest BCUT2D eigenvalue weighted by atomic mass is 9.98. The van der Waals surface area contributed by atoms with Gasteiger partial charge in [0.2, 0.25) is 0 Å². The molecule has 0 fully saturated rings. The van der Waals surface area contributed by atoms with E-state index < -0.39 is 5.97 Å².